The first-order valence-electron chi connectivity index (χ1n) is 7.25. The molecule has 7 heteroatoms. The van der Waals surface area contributed by atoms with Crippen LogP contribution in [0.2, 0.25) is 0 Å². The van der Waals surface area contributed by atoms with Gasteiger partial charge >= 0.3 is 0 Å². The second-order valence-corrected chi connectivity index (χ2v) is 5.16. The molecule has 118 valence electrons. The minimum Gasteiger partial charge on any atom is -0.370 e. The highest BCUT2D eigenvalue weighted by molar-refractivity contribution is 5.81. The van der Waals surface area contributed by atoms with E-state index in [1.54, 1.807) is 0 Å². The Morgan fingerprint density at radius 2 is 1.80 bits per heavy atom. The second kappa shape index (κ2) is 11.5. The van der Waals surface area contributed by atoms with Crippen molar-refractivity contribution in [3.63, 3.8) is 0 Å². The first kappa shape index (κ1) is 18.7. The van der Waals surface area contributed by atoms with Crippen molar-refractivity contribution in [2.24, 2.45) is 22.2 Å². The smallest absolute Gasteiger partial charge is 0.236 e. The average Bonchev–Trinajstić information content (AvgIpc) is 2.37. The average molecular weight is 286 g/mol. The minimum absolute atomic E-state index is 0.0676. The van der Waals surface area contributed by atoms with E-state index in [2.05, 4.69) is 29.5 Å². The van der Waals surface area contributed by atoms with Crippen LogP contribution in [0.3, 0.4) is 0 Å². The maximum Gasteiger partial charge on any atom is 0.236 e. The molecule has 0 aromatic heterocycles. The summed E-state index contributed by atoms with van der Waals surface area (Å²) in [7, 11) is 0. The van der Waals surface area contributed by atoms with Crippen LogP contribution >= 0.6 is 0 Å². The molecule has 0 unspecified atom stereocenters. The van der Waals surface area contributed by atoms with Gasteiger partial charge in [-0.2, -0.15) is 0 Å². The van der Waals surface area contributed by atoms with Crippen molar-refractivity contribution in [3.05, 3.63) is 0 Å². The van der Waals surface area contributed by atoms with Crippen molar-refractivity contribution >= 4 is 11.9 Å². The van der Waals surface area contributed by atoms with Crippen LogP contribution in [0, 0.1) is 0 Å². The monoisotopic (exact) mass is 286 g/mol. The standard InChI is InChI=1S/C13H30N6O/c1-10(2)17-7-3-4-8-18-12(20)11(14)6-5-9-19-13(15)16/h10-11,17H,3-9,14H2,1-2H3,(H,18,20)(H4,15,16,19)/t11-/m0/s1. The second-order valence-electron chi connectivity index (χ2n) is 5.16. The number of rotatable bonds is 11. The van der Waals surface area contributed by atoms with Crippen LogP contribution < -0.4 is 27.8 Å². The molecule has 0 fully saturated rings. The number of hydrogen-bond donors (Lipinski definition) is 5. The molecule has 0 saturated carbocycles. The third-order valence-electron chi connectivity index (χ3n) is 2.76. The van der Waals surface area contributed by atoms with Crippen LogP contribution in [0.1, 0.15) is 39.5 Å². The Hall–Kier alpha value is -1.34. The maximum atomic E-state index is 11.7. The summed E-state index contributed by atoms with van der Waals surface area (Å²) in [6.07, 6.45) is 3.27. The van der Waals surface area contributed by atoms with Crippen molar-refractivity contribution < 1.29 is 4.79 Å². The van der Waals surface area contributed by atoms with Crippen LogP contribution in [0.25, 0.3) is 0 Å². The van der Waals surface area contributed by atoms with E-state index in [1.165, 1.54) is 0 Å². The van der Waals surface area contributed by atoms with Crippen LogP contribution in [0.15, 0.2) is 4.99 Å². The third kappa shape index (κ3) is 11.7. The van der Waals surface area contributed by atoms with Crippen LogP contribution in [0.5, 0.6) is 0 Å². The summed E-state index contributed by atoms with van der Waals surface area (Å²) >= 11 is 0. The van der Waals surface area contributed by atoms with Crippen LogP contribution in [0.4, 0.5) is 0 Å². The van der Waals surface area contributed by atoms with E-state index in [4.69, 9.17) is 17.2 Å². The molecule has 0 aromatic rings. The van der Waals surface area contributed by atoms with Gasteiger partial charge in [-0.25, -0.2) is 0 Å². The summed E-state index contributed by atoms with van der Waals surface area (Å²) < 4.78 is 0. The van der Waals surface area contributed by atoms with Gasteiger partial charge in [0.15, 0.2) is 5.96 Å². The fraction of sp³-hybridized carbons (Fsp3) is 0.846. The molecule has 8 N–H and O–H groups in total. The molecule has 0 aromatic carbocycles. The maximum absolute atomic E-state index is 11.7. The Bertz CT molecular complexity index is 289. The number of aliphatic imine (C=N–C) groups is 1. The molecular weight excluding hydrogens is 256 g/mol. The lowest BCUT2D eigenvalue weighted by atomic mass is 10.1. The normalized spacial score (nSPS) is 12.2. The van der Waals surface area contributed by atoms with Gasteiger partial charge in [-0.1, -0.05) is 13.8 Å². The number of hydrogen-bond acceptors (Lipinski definition) is 4. The van der Waals surface area contributed by atoms with Crippen molar-refractivity contribution in [3.8, 4) is 0 Å². The van der Waals surface area contributed by atoms with E-state index in [9.17, 15) is 4.79 Å². The number of amides is 1. The molecule has 0 rings (SSSR count). The SMILES string of the molecule is CC(C)NCCCCNC(=O)[C@@H](N)CCCN=C(N)N. The molecule has 0 heterocycles. The van der Waals surface area contributed by atoms with Gasteiger partial charge in [-0.15, -0.1) is 0 Å². The summed E-state index contributed by atoms with van der Waals surface area (Å²) in [5.41, 5.74) is 16.2. The van der Waals surface area contributed by atoms with E-state index in [-0.39, 0.29) is 11.9 Å². The highest BCUT2D eigenvalue weighted by atomic mass is 16.2. The van der Waals surface area contributed by atoms with Gasteiger partial charge in [-0.05, 0) is 32.2 Å². The Balaban J connectivity index is 3.53. The van der Waals surface area contributed by atoms with Crippen molar-refractivity contribution in [1.82, 2.24) is 10.6 Å². The number of carbonyl (C=O) groups excluding carboxylic acids is 1. The van der Waals surface area contributed by atoms with E-state index in [1.807, 2.05) is 0 Å². The fourth-order valence-corrected chi connectivity index (χ4v) is 1.63. The zero-order valence-electron chi connectivity index (χ0n) is 12.7. The lowest BCUT2D eigenvalue weighted by Crippen LogP contribution is -2.41. The summed E-state index contributed by atoms with van der Waals surface area (Å²) in [5.74, 6) is -0.0375. The molecule has 0 radical (unpaired) electrons. The quantitative estimate of drug-likeness (QED) is 0.194. The van der Waals surface area contributed by atoms with Gasteiger partial charge in [0.25, 0.3) is 0 Å². The highest BCUT2D eigenvalue weighted by Crippen LogP contribution is 1.96. The van der Waals surface area contributed by atoms with Crippen molar-refractivity contribution in [2.45, 2.75) is 51.6 Å². The Kier molecular flexibility index (Phi) is 10.7. The number of carbonyl (C=O) groups is 1. The number of nitrogens with zero attached hydrogens (tertiary/aromatic N) is 1. The largest absolute Gasteiger partial charge is 0.370 e. The van der Waals surface area contributed by atoms with E-state index in [0.717, 1.165) is 19.4 Å². The summed E-state index contributed by atoms with van der Waals surface area (Å²) in [4.78, 5) is 15.5. The molecular formula is C13H30N6O. The first-order valence-corrected chi connectivity index (χ1v) is 7.25. The van der Waals surface area contributed by atoms with Gasteiger partial charge in [0.1, 0.15) is 0 Å². The Morgan fingerprint density at radius 3 is 2.40 bits per heavy atom. The van der Waals surface area contributed by atoms with E-state index in [0.29, 0.717) is 32.0 Å². The Morgan fingerprint density at radius 1 is 1.15 bits per heavy atom. The molecule has 0 spiro atoms. The third-order valence-corrected chi connectivity index (χ3v) is 2.76. The minimum atomic E-state index is -0.488. The number of guanidine groups is 1. The van der Waals surface area contributed by atoms with Gasteiger partial charge in [0.2, 0.25) is 5.91 Å². The molecule has 0 bridgehead atoms. The first-order chi connectivity index (χ1) is 9.43. The molecule has 1 amide bonds. The predicted molar refractivity (Wildman–Crippen MR) is 83.3 cm³/mol. The number of nitrogens with one attached hydrogen (secondary N) is 2. The molecule has 0 saturated heterocycles. The van der Waals surface area contributed by atoms with Gasteiger partial charge < -0.3 is 27.8 Å². The molecule has 20 heavy (non-hydrogen) atoms. The lowest BCUT2D eigenvalue weighted by Gasteiger charge is -2.12. The highest BCUT2D eigenvalue weighted by Gasteiger charge is 2.11. The van der Waals surface area contributed by atoms with Crippen molar-refractivity contribution in [2.75, 3.05) is 19.6 Å². The summed E-state index contributed by atoms with van der Waals surface area (Å²) in [6.45, 7) is 6.37. The van der Waals surface area contributed by atoms with Gasteiger partial charge in [0.05, 0.1) is 6.04 Å². The molecule has 7 nitrogen and oxygen atoms in total. The van der Waals surface area contributed by atoms with Gasteiger partial charge in [-0.3, -0.25) is 9.79 Å². The molecule has 0 aliphatic rings. The summed E-state index contributed by atoms with van der Waals surface area (Å²) in [5, 5.41) is 6.17. The molecule has 1 atom stereocenters. The molecule has 0 aliphatic heterocycles. The summed E-state index contributed by atoms with van der Waals surface area (Å²) in [6, 6.07) is 0.0150. The predicted octanol–water partition coefficient (Wildman–Crippen LogP) is -0.738. The lowest BCUT2D eigenvalue weighted by molar-refractivity contribution is -0.122. The zero-order chi connectivity index (χ0) is 15.4. The van der Waals surface area contributed by atoms with E-state index < -0.39 is 6.04 Å². The van der Waals surface area contributed by atoms with Crippen LogP contribution in [-0.2, 0) is 4.79 Å². The number of unbranched alkanes of at least 4 members (excludes halogenated alkanes) is 1. The van der Waals surface area contributed by atoms with Crippen LogP contribution in [-0.4, -0.2) is 43.6 Å². The zero-order valence-corrected chi connectivity index (χ0v) is 12.7. The number of nitrogens with two attached hydrogens (primary N) is 3. The Labute approximate surface area is 121 Å². The topological polar surface area (TPSA) is 132 Å². The molecule has 0 aliphatic carbocycles. The fourth-order valence-electron chi connectivity index (χ4n) is 1.63. The van der Waals surface area contributed by atoms with Crippen molar-refractivity contribution in [1.29, 1.82) is 0 Å². The van der Waals surface area contributed by atoms with Gasteiger partial charge in [0, 0.05) is 19.1 Å². The van der Waals surface area contributed by atoms with E-state index >= 15 is 0 Å².